The Kier molecular flexibility index (Phi) is 18.8. The second kappa shape index (κ2) is 25.8. The lowest BCUT2D eigenvalue weighted by molar-refractivity contribution is -0.149. The predicted molar refractivity (Wildman–Crippen MR) is 245 cm³/mol. The zero-order chi connectivity index (χ0) is 48.1. The van der Waals surface area contributed by atoms with Crippen LogP contribution in [0, 0.1) is 0 Å². The van der Waals surface area contributed by atoms with E-state index in [4.69, 9.17) is 47.4 Å². The van der Waals surface area contributed by atoms with Gasteiger partial charge >= 0.3 is 35.8 Å². The van der Waals surface area contributed by atoms with E-state index in [1.807, 2.05) is 0 Å². The van der Waals surface area contributed by atoms with Crippen LogP contribution in [0.15, 0.2) is 135 Å². The summed E-state index contributed by atoms with van der Waals surface area (Å²) in [6, 6.07) is 26.2. The van der Waals surface area contributed by atoms with E-state index in [9.17, 15) is 28.8 Å². The summed E-state index contributed by atoms with van der Waals surface area (Å²) >= 11 is 0. The Labute approximate surface area is 392 Å². The molecule has 4 aromatic carbocycles. The lowest BCUT2D eigenvalue weighted by Gasteiger charge is -2.16. The summed E-state index contributed by atoms with van der Waals surface area (Å²) in [5.74, 6) is -1.50. The fourth-order valence-corrected chi connectivity index (χ4v) is 6.59. The minimum atomic E-state index is -0.718. The second-order valence-electron chi connectivity index (χ2n) is 15.0. The van der Waals surface area contributed by atoms with Gasteiger partial charge in [-0.1, -0.05) is 37.4 Å². The van der Waals surface area contributed by atoms with Gasteiger partial charge < -0.3 is 47.4 Å². The smallest absolute Gasteiger partial charge is 0.343 e. The van der Waals surface area contributed by atoms with Crippen molar-refractivity contribution in [2.24, 2.45) is 0 Å². The van der Waals surface area contributed by atoms with Crippen LogP contribution in [-0.2, 0) is 47.6 Å². The average Bonchev–Trinajstić information content (AvgIpc) is 3.95. The Morgan fingerprint density at radius 1 is 0.471 bits per heavy atom. The van der Waals surface area contributed by atoms with Crippen molar-refractivity contribution in [3.63, 3.8) is 0 Å². The number of fused-ring (bicyclic) bond motifs is 1. The molecule has 16 nitrogen and oxygen atoms in total. The van der Waals surface area contributed by atoms with E-state index in [2.05, 4.69) is 13.2 Å². The predicted octanol–water partition coefficient (Wildman–Crippen LogP) is 7.25. The molecule has 2 aliphatic rings. The molecule has 2 fully saturated rings. The molecule has 0 N–H and O–H groups in total. The number of esters is 6. The summed E-state index contributed by atoms with van der Waals surface area (Å²) < 4.78 is 55.0. The van der Waals surface area contributed by atoms with E-state index in [0.29, 0.717) is 84.1 Å². The van der Waals surface area contributed by atoms with Gasteiger partial charge in [-0.15, -0.1) is 0 Å². The summed E-state index contributed by atoms with van der Waals surface area (Å²) in [7, 11) is 0. The molecule has 2 saturated heterocycles. The van der Waals surface area contributed by atoms with Crippen molar-refractivity contribution in [3.05, 3.63) is 157 Å². The fourth-order valence-electron chi connectivity index (χ4n) is 6.59. The molecule has 0 amide bonds. The van der Waals surface area contributed by atoms with E-state index < -0.39 is 60.2 Å². The molecule has 2 heterocycles. The highest BCUT2D eigenvalue weighted by molar-refractivity contribution is 5.92. The number of rotatable bonds is 24. The second-order valence-corrected chi connectivity index (χ2v) is 15.0. The molecule has 2 aliphatic heterocycles. The molecule has 4 atom stereocenters. The molecule has 16 heteroatoms. The van der Waals surface area contributed by atoms with Gasteiger partial charge in [0.25, 0.3) is 0 Å². The number of carbonyl (C=O) groups excluding carboxylic acids is 6. The third-order valence-corrected chi connectivity index (χ3v) is 10.1. The third kappa shape index (κ3) is 15.7. The molecule has 2 unspecified atom stereocenters. The van der Waals surface area contributed by atoms with E-state index in [0.717, 1.165) is 12.2 Å². The van der Waals surface area contributed by atoms with Gasteiger partial charge in [0.2, 0.25) is 0 Å². The molecule has 0 aliphatic carbocycles. The van der Waals surface area contributed by atoms with E-state index in [-0.39, 0.29) is 26.4 Å². The maximum Gasteiger partial charge on any atom is 0.343 e. The summed E-state index contributed by atoms with van der Waals surface area (Å²) in [6.45, 7) is 8.22. The first kappa shape index (κ1) is 49.6. The first-order valence-corrected chi connectivity index (χ1v) is 21.8. The lowest BCUT2D eigenvalue weighted by Crippen LogP contribution is -2.35. The monoisotopic (exact) mass is 930 g/mol. The number of hydrogen-bond donors (Lipinski definition) is 0. The Morgan fingerprint density at radius 3 is 1.19 bits per heavy atom. The van der Waals surface area contributed by atoms with E-state index in [1.54, 1.807) is 109 Å². The average molecular weight is 931 g/mol. The van der Waals surface area contributed by atoms with Gasteiger partial charge in [0, 0.05) is 24.3 Å². The minimum Gasteiger partial charge on any atom is -0.494 e. The Hall–Kier alpha value is -7.82. The van der Waals surface area contributed by atoms with Crippen molar-refractivity contribution in [1.82, 2.24) is 0 Å². The standard InChI is InChI=1S/C52H50O16/c1-3-45(53)61-31-7-5-29-59-39-23-15-37(16-24-39)51(57)65-41-19-9-35(10-20-41)13-27-47(55)67-43-33-63-50-44(34-64-49(43)50)68-48(56)28-14-36-11-21-42(22-12-36)66-52(58)38-17-25-40(26-18-38)60-30-6-8-32-62-46(54)4-2/h3-4,9-28,43-44,49-50H,1-2,5-8,29-34H2/b27-13+,28-14+/t43-,44+,49?,50?. The molecule has 354 valence electrons. The van der Waals surface area contributed by atoms with Crippen molar-refractivity contribution in [2.75, 3.05) is 39.6 Å². The summed E-state index contributed by atoms with van der Waals surface area (Å²) in [5, 5.41) is 0. The van der Waals surface area contributed by atoms with Crippen LogP contribution in [0.1, 0.15) is 57.5 Å². The van der Waals surface area contributed by atoms with Crippen molar-refractivity contribution in [3.8, 4) is 23.0 Å². The minimum absolute atomic E-state index is 0.0566. The number of unbranched alkanes of at least 4 members (excludes halogenated alkanes) is 2. The Balaban J connectivity index is 0.860. The van der Waals surface area contributed by atoms with Gasteiger partial charge in [-0.2, -0.15) is 0 Å². The van der Waals surface area contributed by atoms with Gasteiger partial charge in [0.15, 0.2) is 12.2 Å². The molecule has 0 bridgehead atoms. The zero-order valence-corrected chi connectivity index (χ0v) is 37.0. The zero-order valence-electron chi connectivity index (χ0n) is 37.0. The molecule has 6 rings (SSSR count). The van der Waals surface area contributed by atoms with Crippen molar-refractivity contribution < 1.29 is 76.1 Å². The Morgan fingerprint density at radius 2 is 0.824 bits per heavy atom. The topological polar surface area (TPSA) is 195 Å². The Bertz CT molecular complexity index is 2250. The highest BCUT2D eigenvalue weighted by Gasteiger charge is 2.51. The molecule has 4 aromatic rings. The molecule has 0 spiro atoms. The van der Waals surface area contributed by atoms with E-state index >= 15 is 0 Å². The number of carbonyl (C=O) groups is 6. The quantitative estimate of drug-likeness (QED) is 0.0224. The highest BCUT2D eigenvalue weighted by Crippen LogP contribution is 2.31. The summed E-state index contributed by atoms with van der Waals surface area (Å²) in [4.78, 5) is 73.0. The van der Waals surface area contributed by atoms with Crippen LogP contribution < -0.4 is 18.9 Å². The molecular weight excluding hydrogens is 881 g/mol. The lowest BCUT2D eigenvalue weighted by atomic mass is 10.1. The third-order valence-electron chi connectivity index (χ3n) is 10.1. The molecule has 0 saturated carbocycles. The van der Waals surface area contributed by atoms with Crippen molar-refractivity contribution in [1.29, 1.82) is 0 Å². The SMILES string of the molecule is C=CC(=O)OCCCCOc1ccc(C(=O)Oc2ccc(/C=C/C(=O)O[C@H]3COC4C3OC[C@H]4OC(=O)/C=C/c3ccc(OC(=O)c4ccc(OCCCCOC(=O)C=C)cc4)cc3)cc2)cc1. The van der Waals surface area contributed by atoms with Gasteiger partial charge in [-0.05, 0) is 122 Å². The number of benzene rings is 4. The van der Waals surface area contributed by atoms with Gasteiger partial charge in [0.1, 0.15) is 35.2 Å². The number of hydrogen-bond acceptors (Lipinski definition) is 16. The summed E-state index contributed by atoms with van der Waals surface area (Å²) in [6.07, 6.45) is 7.82. The maximum atomic E-state index is 12.7. The van der Waals surface area contributed by atoms with Crippen molar-refractivity contribution in [2.45, 2.75) is 50.1 Å². The number of ether oxygens (including phenoxy) is 10. The van der Waals surface area contributed by atoms with Crippen LogP contribution in [0.3, 0.4) is 0 Å². The van der Waals surface area contributed by atoms with Crippen LogP contribution in [0.25, 0.3) is 12.2 Å². The van der Waals surface area contributed by atoms with Crippen LogP contribution in [0.2, 0.25) is 0 Å². The van der Waals surface area contributed by atoms with E-state index in [1.165, 1.54) is 12.2 Å². The molecular formula is C52H50O16. The fraction of sp³-hybridized carbons (Fsp3) is 0.269. The van der Waals surface area contributed by atoms with Crippen LogP contribution in [0.4, 0.5) is 0 Å². The largest absolute Gasteiger partial charge is 0.494 e. The molecule has 0 aromatic heterocycles. The molecule has 68 heavy (non-hydrogen) atoms. The maximum absolute atomic E-state index is 12.7. The van der Waals surface area contributed by atoms with Gasteiger partial charge in [-0.3, -0.25) is 0 Å². The summed E-state index contributed by atoms with van der Waals surface area (Å²) in [5.41, 5.74) is 1.97. The van der Waals surface area contributed by atoms with Crippen molar-refractivity contribution >= 4 is 48.0 Å². The first-order chi connectivity index (χ1) is 33.1. The van der Waals surface area contributed by atoms with Crippen LogP contribution in [-0.4, -0.2) is 99.9 Å². The van der Waals surface area contributed by atoms with Gasteiger partial charge in [0.05, 0.1) is 50.8 Å². The normalized spacial score (nSPS) is 17.1. The van der Waals surface area contributed by atoms with Gasteiger partial charge in [-0.25, -0.2) is 28.8 Å². The first-order valence-electron chi connectivity index (χ1n) is 21.8. The molecule has 0 radical (unpaired) electrons. The highest BCUT2D eigenvalue weighted by atomic mass is 16.7. The van der Waals surface area contributed by atoms with Crippen LogP contribution >= 0.6 is 0 Å². The van der Waals surface area contributed by atoms with Crippen LogP contribution in [0.5, 0.6) is 23.0 Å².